The number of aryl methyl sites for hydroxylation is 1. The van der Waals surface area contributed by atoms with Gasteiger partial charge in [-0.25, -0.2) is 0 Å². The van der Waals surface area contributed by atoms with Crippen molar-refractivity contribution < 1.29 is 9.90 Å². The number of hydrogen-bond donors (Lipinski definition) is 1. The van der Waals surface area contributed by atoms with Crippen LogP contribution < -0.4 is 0 Å². The van der Waals surface area contributed by atoms with Gasteiger partial charge in [-0.2, -0.15) is 0 Å². The van der Waals surface area contributed by atoms with Gasteiger partial charge in [0.2, 0.25) is 0 Å². The molecule has 0 aliphatic heterocycles. The van der Waals surface area contributed by atoms with Crippen molar-refractivity contribution in [1.82, 2.24) is 0 Å². The van der Waals surface area contributed by atoms with Crippen molar-refractivity contribution in [2.24, 2.45) is 0 Å². The van der Waals surface area contributed by atoms with E-state index in [4.69, 9.17) is 5.11 Å². The lowest BCUT2D eigenvalue weighted by atomic mass is 10.0. The molecule has 0 aliphatic carbocycles. The fourth-order valence-electron chi connectivity index (χ4n) is 1.15. The average Bonchev–Trinajstić information content (AvgIpc) is 2.03. The summed E-state index contributed by atoms with van der Waals surface area (Å²) in [6.07, 6.45) is 0.00343. The molecule has 2 nitrogen and oxygen atoms in total. The Morgan fingerprint density at radius 1 is 1.54 bits per heavy atom. The van der Waals surface area contributed by atoms with Gasteiger partial charge in [0, 0.05) is 0 Å². The molecule has 0 unspecified atom stereocenters. The van der Waals surface area contributed by atoms with E-state index in [-0.39, 0.29) is 6.42 Å². The van der Waals surface area contributed by atoms with Gasteiger partial charge in [0.1, 0.15) is 0 Å². The second-order valence-corrected chi connectivity index (χ2v) is 3.04. The molecule has 2 heteroatoms. The van der Waals surface area contributed by atoms with E-state index in [2.05, 4.69) is 6.58 Å². The van der Waals surface area contributed by atoms with E-state index in [1.54, 1.807) is 0 Å². The van der Waals surface area contributed by atoms with Crippen molar-refractivity contribution in [2.45, 2.75) is 13.3 Å². The molecular weight excluding hydrogens is 164 g/mol. The van der Waals surface area contributed by atoms with Crippen molar-refractivity contribution in [3.8, 4) is 0 Å². The quantitative estimate of drug-likeness (QED) is 0.768. The third kappa shape index (κ3) is 2.75. The van der Waals surface area contributed by atoms with E-state index in [1.807, 2.05) is 31.2 Å². The lowest BCUT2D eigenvalue weighted by Crippen LogP contribution is -1.96. The molecule has 0 atom stereocenters. The Morgan fingerprint density at radius 2 is 2.23 bits per heavy atom. The van der Waals surface area contributed by atoms with Gasteiger partial charge in [-0.05, 0) is 18.1 Å². The van der Waals surface area contributed by atoms with Gasteiger partial charge in [-0.3, -0.25) is 4.79 Å². The largest absolute Gasteiger partial charge is 0.481 e. The summed E-state index contributed by atoms with van der Waals surface area (Å²) in [4.78, 5) is 10.4. The van der Waals surface area contributed by atoms with Crippen LogP contribution in [-0.2, 0) is 4.79 Å². The Hall–Kier alpha value is -1.57. The molecule has 0 spiro atoms. The first-order chi connectivity index (χ1) is 6.09. The SMILES string of the molecule is C=C(CC(=O)O)c1cccc(C)c1. The molecule has 0 heterocycles. The van der Waals surface area contributed by atoms with Crippen LogP contribution >= 0.6 is 0 Å². The topological polar surface area (TPSA) is 37.3 Å². The summed E-state index contributed by atoms with van der Waals surface area (Å²) in [6, 6.07) is 7.68. The zero-order valence-corrected chi connectivity index (χ0v) is 7.58. The van der Waals surface area contributed by atoms with E-state index in [0.29, 0.717) is 5.57 Å². The van der Waals surface area contributed by atoms with E-state index in [1.165, 1.54) is 0 Å². The molecule has 0 aromatic heterocycles. The number of aliphatic carboxylic acids is 1. The van der Waals surface area contributed by atoms with Crippen LogP contribution in [0, 0.1) is 6.92 Å². The maximum atomic E-state index is 10.4. The number of carboxylic acid groups (broad SMARTS) is 1. The second kappa shape index (κ2) is 3.90. The second-order valence-electron chi connectivity index (χ2n) is 3.04. The Balaban J connectivity index is 2.83. The van der Waals surface area contributed by atoms with Crippen LogP contribution in [0.5, 0.6) is 0 Å². The summed E-state index contributed by atoms with van der Waals surface area (Å²) in [5.74, 6) is -0.841. The Morgan fingerprint density at radius 3 is 2.77 bits per heavy atom. The predicted molar refractivity (Wildman–Crippen MR) is 52.5 cm³/mol. The van der Waals surface area contributed by atoms with Crippen molar-refractivity contribution >= 4 is 11.5 Å². The fourth-order valence-corrected chi connectivity index (χ4v) is 1.15. The van der Waals surface area contributed by atoms with Crippen LogP contribution in [0.15, 0.2) is 30.8 Å². The van der Waals surface area contributed by atoms with Gasteiger partial charge < -0.3 is 5.11 Å². The zero-order chi connectivity index (χ0) is 9.84. The Bertz CT molecular complexity index is 340. The number of rotatable bonds is 3. The highest BCUT2D eigenvalue weighted by Gasteiger charge is 2.03. The van der Waals surface area contributed by atoms with Crippen LogP contribution in [0.3, 0.4) is 0 Å². The fraction of sp³-hybridized carbons (Fsp3) is 0.182. The third-order valence-electron chi connectivity index (χ3n) is 1.79. The first kappa shape index (κ1) is 9.52. The van der Waals surface area contributed by atoms with E-state index < -0.39 is 5.97 Å². The van der Waals surface area contributed by atoms with Gasteiger partial charge in [0.15, 0.2) is 0 Å². The summed E-state index contributed by atoms with van der Waals surface area (Å²) >= 11 is 0. The zero-order valence-electron chi connectivity index (χ0n) is 7.58. The molecular formula is C11H12O2. The normalized spacial score (nSPS) is 9.62. The highest BCUT2D eigenvalue weighted by Crippen LogP contribution is 2.16. The molecule has 68 valence electrons. The number of hydrogen-bond acceptors (Lipinski definition) is 1. The van der Waals surface area contributed by atoms with Crippen molar-refractivity contribution in [2.75, 3.05) is 0 Å². The van der Waals surface area contributed by atoms with E-state index in [9.17, 15) is 4.79 Å². The van der Waals surface area contributed by atoms with Gasteiger partial charge in [-0.1, -0.05) is 36.4 Å². The minimum Gasteiger partial charge on any atom is -0.481 e. The van der Waals surface area contributed by atoms with E-state index in [0.717, 1.165) is 11.1 Å². The smallest absolute Gasteiger partial charge is 0.307 e. The Kier molecular flexibility index (Phi) is 2.85. The van der Waals surface area contributed by atoms with Crippen LogP contribution in [0.4, 0.5) is 0 Å². The monoisotopic (exact) mass is 176 g/mol. The van der Waals surface area contributed by atoms with Gasteiger partial charge in [0.05, 0.1) is 6.42 Å². The molecule has 1 aromatic rings. The molecule has 0 bridgehead atoms. The van der Waals surface area contributed by atoms with E-state index >= 15 is 0 Å². The minimum atomic E-state index is -0.841. The molecule has 1 aromatic carbocycles. The first-order valence-electron chi connectivity index (χ1n) is 4.06. The number of carbonyl (C=O) groups is 1. The van der Waals surface area contributed by atoms with Crippen molar-refractivity contribution in [3.63, 3.8) is 0 Å². The predicted octanol–water partition coefficient (Wildman–Crippen LogP) is 2.48. The minimum absolute atomic E-state index is 0.00343. The number of carboxylic acids is 1. The lowest BCUT2D eigenvalue weighted by molar-refractivity contribution is -0.135. The van der Waals surface area contributed by atoms with Crippen molar-refractivity contribution in [3.05, 3.63) is 42.0 Å². The summed E-state index contributed by atoms with van der Waals surface area (Å²) < 4.78 is 0. The molecule has 1 rings (SSSR count). The lowest BCUT2D eigenvalue weighted by Gasteiger charge is -2.03. The van der Waals surface area contributed by atoms with Crippen LogP contribution in [0.25, 0.3) is 5.57 Å². The summed E-state index contributed by atoms with van der Waals surface area (Å²) in [5, 5.41) is 8.55. The Labute approximate surface area is 77.5 Å². The van der Waals surface area contributed by atoms with Gasteiger partial charge in [-0.15, -0.1) is 0 Å². The van der Waals surface area contributed by atoms with Crippen LogP contribution in [0.1, 0.15) is 17.5 Å². The van der Waals surface area contributed by atoms with Crippen molar-refractivity contribution in [1.29, 1.82) is 0 Å². The summed E-state index contributed by atoms with van der Waals surface area (Å²) in [5.41, 5.74) is 2.67. The average molecular weight is 176 g/mol. The number of benzene rings is 1. The standard InChI is InChI=1S/C11H12O2/c1-8-4-3-5-10(6-8)9(2)7-11(12)13/h3-6H,2,7H2,1H3,(H,12,13). The highest BCUT2D eigenvalue weighted by molar-refractivity contribution is 5.83. The molecule has 13 heavy (non-hydrogen) atoms. The maximum Gasteiger partial charge on any atom is 0.307 e. The molecule has 0 radical (unpaired) electrons. The molecule has 1 N–H and O–H groups in total. The molecule has 0 saturated carbocycles. The summed E-state index contributed by atoms with van der Waals surface area (Å²) in [6.45, 7) is 5.70. The maximum absolute atomic E-state index is 10.4. The van der Waals surface area contributed by atoms with Gasteiger partial charge in [0.25, 0.3) is 0 Å². The molecule has 0 aliphatic rings. The summed E-state index contributed by atoms with van der Waals surface area (Å²) in [7, 11) is 0. The van der Waals surface area contributed by atoms with Crippen LogP contribution in [0.2, 0.25) is 0 Å². The molecule has 0 saturated heterocycles. The van der Waals surface area contributed by atoms with Crippen LogP contribution in [-0.4, -0.2) is 11.1 Å². The third-order valence-corrected chi connectivity index (χ3v) is 1.79. The highest BCUT2D eigenvalue weighted by atomic mass is 16.4. The van der Waals surface area contributed by atoms with Gasteiger partial charge >= 0.3 is 5.97 Å². The molecule has 0 fully saturated rings. The first-order valence-corrected chi connectivity index (χ1v) is 4.06. The molecule has 0 amide bonds.